The van der Waals surface area contributed by atoms with E-state index in [4.69, 9.17) is 0 Å². The molecule has 2 aromatic rings. The Balaban J connectivity index is 1.53. The fourth-order valence-electron chi connectivity index (χ4n) is 3.80. The monoisotopic (exact) mass is 354 g/mol. The lowest BCUT2D eigenvalue weighted by molar-refractivity contribution is 0.0356. The van der Waals surface area contributed by atoms with Gasteiger partial charge in [0.05, 0.1) is 5.54 Å². The van der Waals surface area contributed by atoms with Gasteiger partial charge in [0.25, 0.3) is 11.8 Å². The minimum atomic E-state index is -3.14. The zero-order valence-corrected chi connectivity index (χ0v) is 14.3. The number of carbonyl (C=O) groups is 1. The lowest BCUT2D eigenvalue weighted by Crippen LogP contribution is -2.67. The van der Waals surface area contributed by atoms with Crippen LogP contribution in [0.1, 0.15) is 34.3 Å². The van der Waals surface area contributed by atoms with E-state index in [2.05, 4.69) is 11.9 Å². The summed E-state index contributed by atoms with van der Waals surface area (Å²) in [6, 6.07) is 13.4. The van der Waals surface area contributed by atoms with Crippen LogP contribution in [0.4, 0.5) is 8.78 Å². The van der Waals surface area contributed by atoms with Gasteiger partial charge in [-0.25, -0.2) is 0 Å². The maximum atomic E-state index is 14.8. The van der Waals surface area contributed by atoms with Crippen molar-refractivity contribution in [3.05, 3.63) is 83.6 Å². The van der Waals surface area contributed by atoms with Gasteiger partial charge in [0.1, 0.15) is 0 Å². The Labute approximate surface area is 151 Å². The summed E-state index contributed by atoms with van der Waals surface area (Å²) >= 11 is 0. The van der Waals surface area contributed by atoms with Crippen molar-refractivity contribution in [2.24, 2.45) is 0 Å². The second-order valence-corrected chi connectivity index (χ2v) is 7.19. The van der Waals surface area contributed by atoms with Crippen LogP contribution in [-0.4, -0.2) is 29.4 Å². The molecule has 2 saturated heterocycles. The Morgan fingerprint density at radius 2 is 1.77 bits per heavy atom. The van der Waals surface area contributed by atoms with Gasteiger partial charge < -0.3 is 10.2 Å². The van der Waals surface area contributed by atoms with Crippen molar-refractivity contribution in [1.29, 1.82) is 0 Å². The summed E-state index contributed by atoms with van der Waals surface area (Å²) in [6.45, 7) is 5.10. The molecule has 0 aliphatic carbocycles. The van der Waals surface area contributed by atoms with Crippen LogP contribution in [-0.2, 0) is 5.92 Å². The number of allylic oxidation sites excluding steroid dienone is 1. The molecule has 2 fully saturated rings. The third-order valence-electron chi connectivity index (χ3n) is 5.23. The summed E-state index contributed by atoms with van der Waals surface area (Å²) in [5.41, 5.74) is 0.975. The Hall–Kier alpha value is -2.69. The third-order valence-corrected chi connectivity index (χ3v) is 5.23. The molecule has 0 aromatic heterocycles. The number of alkyl halides is 2. The highest BCUT2D eigenvalue weighted by Crippen LogP contribution is 2.37. The highest BCUT2D eigenvalue weighted by Gasteiger charge is 2.48. The highest BCUT2D eigenvalue weighted by molar-refractivity contribution is 5.95. The molecule has 2 aliphatic rings. The molecule has 2 heterocycles. The van der Waals surface area contributed by atoms with Gasteiger partial charge in [-0.1, -0.05) is 49.0 Å². The Morgan fingerprint density at radius 3 is 2.42 bits per heavy atom. The van der Waals surface area contributed by atoms with Gasteiger partial charge in [0.15, 0.2) is 0 Å². The van der Waals surface area contributed by atoms with Crippen molar-refractivity contribution >= 4 is 5.91 Å². The minimum Gasteiger partial charge on any atom is -0.380 e. The molecule has 134 valence electrons. The summed E-state index contributed by atoms with van der Waals surface area (Å²) in [4.78, 5) is 14.4. The van der Waals surface area contributed by atoms with Crippen LogP contribution in [0.3, 0.4) is 0 Å². The fourth-order valence-corrected chi connectivity index (χ4v) is 3.80. The van der Waals surface area contributed by atoms with Crippen molar-refractivity contribution < 1.29 is 13.6 Å². The van der Waals surface area contributed by atoms with Gasteiger partial charge in [0, 0.05) is 35.5 Å². The predicted molar refractivity (Wildman–Crippen MR) is 96.0 cm³/mol. The standard InChI is InChI=1S/C21H20F2N2O/c1-15-10-11-20(24-15)13-25(14-20)19(26)16-6-5-9-18(12-16)21(22,23)17-7-3-2-4-8-17/h2-9,12,24H,1,10-11,13-14H2. The van der Waals surface area contributed by atoms with Crippen molar-refractivity contribution in [1.82, 2.24) is 10.2 Å². The van der Waals surface area contributed by atoms with E-state index >= 15 is 0 Å². The third kappa shape index (κ3) is 2.77. The number of halogens is 2. The largest absolute Gasteiger partial charge is 0.380 e. The van der Waals surface area contributed by atoms with E-state index in [1.54, 1.807) is 29.2 Å². The van der Waals surface area contributed by atoms with E-state index in [0.29, 0.717) is 18.7 Å². The van der Waals surface area contributed by atoms with E-state index in [9.17, 15) is 13.6 Å². The Kier molecular flexibility index (Phi) is 3.83. The van der Waals surface area contributed by atoms with Gasteiger partial charge in [0.2, 0.25) is 0 Å². The second-order valence-electron chi connectivity index (χ2n) is 7.19. The molecule has 3 nitrogen and oxygen atoms in total. The lowest BCUT2D eigenvalue weighted by atomic mass is 9.87. The van der Waals surface area contributed by atoms with E-state index in [1.165, 1.54) is 30.3 Å². The normalized spacial score (nSPS) is 18.5. The van der Waals surface area contributed by atoms with Crippen LogP contribution in [0.5, 0.6) is 0 Å². The number of hydrogen-bond donors (Lipinski definition) is 1. The number of nitrogens with zero attached hydrogens (tertiary/aromatic N) is 1. The average Bonchev–Trinajstić information content (AvgIpc) is 3.03. The topological polar surface area (TPSA) is 32.3 Å². The quantitative estimate of drug-likeness (QED) is 0.906. The number of nitrogens with one attached hydrogen (secondary N) is 1. The molecule has 0 radical (unpaired) electrons. The molecule has 5 heteroatoms. The van der Waals surface area contributed by atoms with Crippen LogP contribution in [0.25, 0.3) is 0 Å². The zero-order chi connectivity index (χ0) is 18.4. The summed E-state index contributed by atoms with van der Waals surface area (Å²) in [5.74, 6) is -3.35. The van der Waals surface area contributed by atoms with E-state index in [-0.39, 0.29) is 22.6 Å². The van der Waals surface area contributed by atoms with Crippen molar-refractivity contribution in [3.63, 3.8) is 0 Å². The number of benzene rings is 2. The fraction of sp³-hybridized carbons (Fsp3) is 0.286. The number of likely N-dealkylation sites (tertiary alicyclic amines) is 1. The summed E-state index contributed by atoms with van der Waals surface area (Å²) < 4.78 is 29.5. The van der Waals surface area contributed by atoms with Crippen molar-refractivity contribution in [2.75, 3.05) is 13.1 Å². The van der Waals surface area contributed by atoms with Crippen LogP contribution in [0, 0.1) is 0 Å². The Morgan fingerprint density at radius 1 is 1.08 bits per heavy atom. The number of rotatable bonds is 3. The molecule has 1 amide bonds. The van der Waals surface area contributed by atoms with Gasteiger partial charge in [-0.2, -0.15) is 8.78 Å². The van der Waals surface area contributed by atoms with Gasteiger partial charge in [-0.3, -0.25) is 4.79 Å². The van der Waals surface area contributed by atoms with Gasteiger partial charge in [-0.15, -0.1) is 0 Å². The first-order valence-electron chi connectivity index (χ1n) is 8.69. The van der Waals surface area contributed by atoms with Crippen molar-refractivity contribution in [2.45, 2.75) is 24.3 Å². The molecule has 1 spiro atoms. The first-order chi connectivity index (χ1) is 12.4. The van der Waals surface area contributed by atoms with Crippen LogP contribution in [0.15, 0.2) is 66.9 Å². The van der Waals surface area contributed by atoms with E-state index < -0.39 is 5.92 Å². The average molecular weight is 354 g/mol. The number of hydrogen-bond acceptors (Lipinski definition) is 2. The molecule has 26 heavy (non-hydrogen) atoms. The molecular formula is C21H20F2N2O. The SMILES string of the molecule is C=C1CCC2(CN(C(=O)c3cccc(C(F)(F)c4ccccc4)c3)C2)N1. The van der Waals surface area contributed by atoms with E-state index in [1.807, 2.05) is 0 Å². The predicted octanol–water partition coefficient (Wildman–Crippen LogP) is 3.92. The second kappa shape index (κ2) is 5.94. The summed E-state index contributed by atoms with van der Waals surface area (Å²) in [6.07, 6.45) is 1.88. The molecule has 0 atom stereocenters. The summed E-state index contributed by atoms with van der Waals surface area (Å²) in [5, 5.41) is 3.35. The number of amides is 1. The smallest absolute Gasteiger partial charge is 0.298 e. The van der Waals surface area contributed by atoms with Crippen LogP contribution in [0.2, 0.25) is 0 Å². The summed E-state index contributed by atoms with van der Waals surface area (Å²) in [7, 11) is 0. The van der Waals surface area contributed by atoms with Crippen LogP contribution < -0.4 is 5.32 Å². The Bertz CT molecular complexity index is 857. The van der Waals surface area contributed by atoms with Gasteiger partial charge >= 0.3 is 0 Å². The molecule has 0 saturated carbocycles. The molecular weight excluding hydrogens is 334 g/mol. The first-order valence-corrected chi connectivity index (χ1v) is 8.69. The highest BCUT2D eigenvalue weighted by atomic mass is 19.3. The van der Waals surface area contributed by atoms with Crippen molar-refractivity contribution in [3.8, 4) is 0 Å². The molecule has 1 N–H and O–H groups in total. The maximum absolute atomic E-state index is 14.8. The molecule has 0 bridgehead atoms. The van der Waals surface area contributed by atoms with Crippen LogP contribution >= 0.6 is 0 Å². The maximum Gasteiger partial charge on any atom is 0.298 e. The zero-order valence-electron chi connectivity index (χ0n) is 14.3. The van der Waals surface area contributed by atoms with Gasteiger partial charge in [-0.05, 0) is 25.0 Å². The molecule has 4 rings (SSSR count). The molecule has 0 unspecified atom stereocenters. The number of carbonyl (C=O) groups excluding carboxylic acids is 1. The van der Waals surface area contributed by atoms with E-state index in [0.717, 1.165) is 18.5 Å². The minimum absolute atomic E-state index is 0.0711. The first kappa shape index (κ1) is 16.8. The molecule has 2 aromatic carbocycles. The lowest BCUT2D eigenvalue weighted by Gasteiger charge is -2.48. The molecule has 2 aliphatic heterocycles.